The molecule has 2 rings (SSSR count). The van der Waals surface area contributed by atoms with E-state index in [1.165, 1.54) is 18.9 Å². The van der Waals surface area contributed by atoms with Crippen LogP contribution in [0.15, 0.2) is 18.2 Å². The largest absolute Gasteiger partial charge is 0.370 e. The fourth-order valence-corrected chi connectivity index (χ4v) is 2.86. The molecule has 1 fully saturated rings. The van der Waals surface area contributed by atoms with Gasteiger partial charge in [-0.3, -0.25) is 0 Å². The first-order valence-electron chi connectivity index (χ1n) is 6.95. The monoisotopic (exact) mass is 265 g/mol. The number of hydrogen-bond acceptors (Lipinski definition) is 3. The van der Waals surface area contributed by atoms with E-state index in [2.05, 4.69) is 23.9 Å². The van der Waals surface area contributed by atoms with Gasteiger partial charge in [-0.05, 0) is 57.1 Å². The number of hydrogen-bond donors (Lipinski definition) is 1. The van der Waals surface area contributed by atoms with Crippen LogP contribution in [-0.4, -0.2) is 38.1 Å². The van der Waals surface area contributed by atoms with Crippen LogP contribution >= 0.6 is 0 Å². The highest BCUT2D eigenvalue weighted by Gasteiger charge is 2.23. The van der Waals surface area contributed by atoms with Gasteiger partial charge in [0.25, 0.3) is 0 Å². The van der Waals surface area contributed by atoms with Crippen molar-refractivity contribution in [2.24, 2.45) is 5.73 Å². The minimum Gasteiger partial charge on any atom is -0.370 e. The Morgan fingerprint density at radius 1 is 1.47 bits per heavy atom. The highest BCUT2D eigenvalue weighted by molar-refractivity contribution is 5.55. The van der Waals surface area contributed by atoms with E-state index >= 15 is 0 Å². The molecule has 1 aliphatic heterocycles. The number of rotatable bonds is 3. The summed E-state index contributed by atoms with van der Waals surface area (Å²) in [5, 5.41) is 0. The third-order valence-electron chi connectivity index (χ3n) is 4.01. The molecule has 0 bridgehead atoms. The first-order chi connectivity index (χ1) is 8.99. The second kappa shape index (κ2) is 5.88. The summed E-state index contributed by atoms with van der Waals surface area (Å²) in [7, 11) is 4.24. The lowest BCUT2D eigenvalue weighted by Gasteiger charge is -2.38. The van der Waals surface area contributed by atoms with Gasteiger partial charge in [-0.1, -0.05) is 0 Å². The Balaban J connectivity index is 2.25. The predicted octanol–water partition coefficient (Wildman–Crippen LogP) is 2.38. The highest BCUT2D eigenvalue weighted by Crippen LogP contribution is 2.28. The van der Waals surface area contributed by atoms with Crippen molar-refractivity contribution in [2.75, 3.05) is 32.1 Å². The van der Waals surface area contributed by atoms with Crippen LogP contribution in [0.2, 0.25) is 0 Å². The number of anilines is 1. The van der Waals surface area contributed by atoms with Crippen LogP contribution in [0.1, 0.15) is 31.4 Å². The van der Waals surface area contributed by atoms with Gasteiger partial charge in [0.2, 0.25) is 0 Å². The molecule has 1 saturated heterocycles. The zero-order valence-corrected chi connectivity index (χ0v) is 12.1. The minimum atomic E-state index is -0.217. The summed E-state index contributed by atoms with van der Waals surface area (Å²) in [4.78, 5) is 4.60. The van der Waals surface area contributed by atoms with E-state index in [4.69, 9.17) is 5.73 Å². The molecule has 1 aromatic rings. The lowest BCUT2D eigenvalue weighted by Crippen LogP contribution is -2.45. The fourth-order valence-electron chi connectivity index (χ4n) is 2.86. The molecule has 3 nitrogen and oxygen atoms in total. The molecule has 0 amide bonds. The van der Waals surface area contributed by atoms with Crippen molar-refractivity contribution in [1.82, 2.24) is 4.90 Å². The van der Waals surface area contributed by atoms with Crippen LogP contribution < -0.4 is 10.6 Å². The molecule has 2 N–H and O–H groups in total. The molecule has 0 radical (unpaired) electrons. The van der Waals surface area contributed by atoms with Crippen LogP contribution in [0, 0.1) is 5.82 Å². The molecule has 19 heavy (non-hydrogen) atoms. The normalized spacial score (nSPS) is 22.3. The van der Waals surface area contributed by atoms with Crippen molar-refractivity contribution >= 4 is 5.69 Å². The Morgan fingerprint density at radius 3 is 2.84 bits per heavy atom. The number of nitrogens with zero attached hydrogens (tertiary/aromatic N) is 2. The van der Waals surface area contributed by atoms with Gasteiger partial charge >= 0.3 is 0 Å². The topological polar surface area (TPSA) is 32.5 Å². The second-order valence-corrected chi connectivity index (χ2v) is 5.66. The van der Waals surface area contributed by atoms with E-state index in [-0.39, 0.29) is 11.9 Å². The van der Waals surface area contributed by atoms with Gasteiger partial charge in [-0.25, -0.2) is 4.39 Å². The Bertz CT molecular complexity index is 433. The van der Waals surface area contributed by atoms with Crippen LogP contribution in [-0.2, 0) is 0 Å². The van der Waals surface area contributed by atoms with E-state index in [0.717, 1.165) is 24.3 Å². The lowest BCUT2D eigenvalue weighted by atomic mass is 10.0. The van der Waals surface area contributed by atoms with E-state index < -0.39 is 0 Å². The van der Waals surface area contributed by atoms with Crippen molar-refractivity contribution in [3.8, 4) is 0 Å². The molecule has 1 aliphatic rings. The number of piperidine rings is 1. The smallest absolute Gasteiger partial charge is 0.123 e. The van der Waals surface area contributed by atoms with Crippen molar-refractivity contribution in [1.29, 1.82) is 0 Å². The maximum Gasteiger partial charge on any atom is 0.123 e. The van der Waals surface area contributed by atoms with Gasteiger partial charge in [-0.15, -0.1) is 0 Å². The first-order valence-corrected chi connectivity index (χ1v) is 6.95. The van der Waals surface area contributed by atoms with Crippen LogP contribution in [0.25, 0.3) is 0 Å². The average molecular weight is 265 g/mol. The van der Waals surface area contributed by atoms with E-state index in [9.17, 15) is 4.39 Å². The molecule has 106 valence electrons. The Hall–Kier alpha value is -1.13. The molecule has 1 unspecified atom stereocenters. The lowest BCUT2D eigenvalue weighted by molar-refractivity contribution is 0.248. The highest BCUT2D eigenvalue weighted by atomic mass is 19.1. The predicted molar refractivity (Wildman–Crippen MR) is 77.9 cm³/mol. The first kappa shape index (κ1) is 14.3. The van der Waals surface area contributed by atoms with Gasteiger partial charge < -0.3 is 15.5 Å². The van der Waals surface area contributed by atoms with Crippen molar-refractivity contribution < 1.29 is 4.39 Å². The van der Waals surface area contributed by atoms with E-state index in [0.29, 0.717) is 6.04 Å². The summed E-state index contributed by atoms with van der Waals surface area (Å²) in [6.45, 7) is 4.11. The van der Waals surface area contributed by atoms with Crippen LogP contribution in [0.5, 0.6) is 0 Å². The summed E-state index contributed by atoms with van der Waals surface area (Å²) in [6, 6.07) is 5.24. The van der Waals surface area contributed by atoms with Crippen molar-refractivity contribution in [3.05, 3.63) is 29.6 Å². The summed E-state index contributed by atoms with van der Waals surface area (Å²) >= 11 is 0. The SMILES string of the molecule is C[C@@H](N)c1cc(F)ccc1N(C)C1CCCN(C)C1. The molecular formula is C15H24FN3. The van der Waals surface area contributed by atoms with Gasteiger partial charge in [0, 0.05) is 31.4 Å². The molecule has 0 aromatic heterocycles. The summed E-state index contributed by atoms with van der Waals surface area (Å²) in [6.07, 6.45) is 2.39. The molecule has 0 saturated carbocycles. The number of benzene rings is 1. The molecule has 2 atom stereocenters. The van der Waals surface area contributed by atoms with Crippen molar-refractivity contribution in [2.45, 2.75) is 31.8 Å². The average Bonchev–Trinajstić information content (AvgIpc) is 2.37. The third kappa shape index (κ3) is 3.25. The summed E-state index contributed by atoms with van der Waals surface area (Å²) < 4.78 is 13.4. The number of likely N-dealkylation sites (tertiary alicyclic amines) is 1. The number of likely N-dealkylation sites (N-methyl/N-ethyl adjacent to an activating group) is 2. The molecule has 1 aromatic carbocycles. The van der Waals surface area contributed by atoms with Crippen molar-refractivity contribution in [3.63, 3.8) is 0 Å². The number of halogens is 1. The van der Waals surface area contributed by atoms with Crippen LogP contribution in [0.4, 0.5) is 10.1 Å². The zero-order chi connectivity index (χ0) is 14.0. The van der Waals surface area contributed by atoms with E-state index in [1.54, 1.807) is 6.07 Å². The Morgan fingerprint density at radius 2 is 2.21 bits per heavy atom. The molecular weight excluding hydrogens is 241 g/mol. The van der Waals surface area contributed by atoms with Gasteiger partial charge in [0.1, 0.15) is 5.82 Å². The minimum absolute atomic E-state index is 0.158. The maximum absolute atomic E-state index is 13.4. The molecule has 4 heteroatoms. The summed E-state index contributed by atoms with van der Waals surface area (Å²) in [5.74, 6) is -0.217. The Labute approximate surface area is 115 Å². The molecule has 0 spiro atoms. The summed E-state index contributed by atoms with van der Waals surface area (Å²) in [5.41, 5.74) is 7.91. The number of nitrogens with two attached hydrogens (primary N) is 1. The quantitative estimate of drug-likeness (QED) is 0.910. The second-order valence-electron chi connectivity index (χ2n) is 5.66. The molecule has 0 aliphatic carbocycles. The zero-order valence-electron chi connectivity index (χ0n) is 12.1. The Kier molecular flexibility index (Phi) is 4.42. The third-order valence-corrected chi connectivity index (χ3v) is 4.01. The fraction of sp³-hybridized carbons (Fsp3) is 0.600. The molecule has 1 heterocycles. The van der Waals surface area contributed by atoms with Gasteiger partial charge in [0.15, 0.2) is 0 Å². The van der Waals surface area contributed by atoms with Gasteiger partial charge in [-0.2, -0.15) is 0 Å². The van der Waals surface area contributed by atoms with Crippen LogP contribution in [0.3, 0.4) is 0 Å². The van der Waals surface area contributed by atoms with E-state index in [1.807, 2.05) is 13.0 Å². The maximum atomic E-state index is 13.4. The van der Waals surface area contributed by atoms with Gasteiger partial charge in [0.05, 0.1) is 0 Å². The standard InChI is InChI=1S/C15H24FN3/c1-11(17)14-9-12(16)6-7-15(14)19(3)13-5-4-8-18(2)10-13/h6-7,9,11,13H,4-5,8,10,17H2,1-3H3/t11-,13?/m1/s1.